The number of likely N-dealkylation sites (tertiary alicyclic amines) is 1. The van der Waals surface area contributed by atoms with Crippen molar-refractivity contribution in [3.8, 4) is 5.75 Å². The van der Waals surface area contributed by atoms with E-state index in [-0.39, 0.29) is 5.91 Å². The fraction of sp³-hybridized carbons (Fsp3) is 0.364. The Morgan fingerprint density at radius 2 is 1.78 bits per heavy atom. The van der Waals surface area contributed by atoms with Crippen LogP contribution in [0.1, 0.15) is 41.3 Å². The summed E-state index contributed by atoms with van der Waals surface area (Å²) < 4.78 is 5.80. The van der Waals surface area contributed by atoms with Gasteiger partial charge < -0.3 is 15.0 Å². The molecule has 1 amide bonds. The van der Waals surface area contributed by atoms with E-state index in [4.69, 9.17) is 17.0 Å². The van der Waals surface area contributed by atoms with Crippen LogP contribution in [-0.2, 0) is 0 Å². The van der Waals surface area contributed by atoms with Crippen molar-refractivity contribution in [3.05, 3.63) is 59.2 Å². The molecule has 0 saturated carbocycles. The van der Waals surface area contributed by atoms with Gasteiger partial charge in [-0.1, -0.05) is 19.1 Å². The molecule has 0 aliphatic carbocycles. The van der Waals surface area contributed by atoms with Gasteiger partial charge in [0.2, 0.25) is 0 Å². The molecule has 0 unspecified atom stereocenters. The number of carbonyl (C=O) groups excluding carboxylic acids is 1. The smallest absolute Gasteiger partial charge is 0.264 e. The van der Waals surface area contributed by atoms with E-state index < -0.39 is 0 Å². The Morgan fingerprint density at radius 3 is 2.44 bits per heavy atom. The zero-order valence-electron chi connectivity index (χ0n) is 16.1. The molecular weight excluding hydrogens is 356 g/mol. The first-order valence-corrected chi connectivity index (χ1v) is 9.79. The zero-order chi connectivity index (χ0) is 19.4. The lowest BCUT2D eigenvalue weighted by atomic mass is 10.00. The molecule has 2 aromatic rings. The standard InChI is InChI=1S/C22H26N2O2S/c1-15-11-13-24(14-12-15)22(27)26-19-9-7-18(8-10-19)21(25)23-20-6-4-5-16(2)17(20)3/h4-10,15H,11-14H2,1-3H3,(H,23,25). The number of benzene rings is 2. The van der Waals surface area contributed by atoms with Gasteiger partial charge in [0.1, 0.15) is 5.75 Å². The summed E-state index contributed by atoms with van der Waals surface area (Å²) in [5.41, 5.74) is 3.64. The van der Waals surface area contributed by atoms with Crippen LogP contribution in [0.25, 0.3) is 0 Å². The SMILES string of the molecule is Cc1cccc(NC(=O)c2ccc(OC(=S)N3CCC(C)CC3)cc2)c1C. The van der Waals surface area contributed by atoms with Crippen LogP contribution in [0.3, 0.4) is 0 Å². The minimum absolute atomic E-state index is 0.136. The van der Waals surface area contributed by atoms with Gasteiger partial charge in [0.25, 0.3) is 11.1 Å². The molecule has 1 heterocycles. The maximum atomic E-state index is 12.5. The van der Waals surface area contributed by atoms with Gasteiger partial charge in [-0.25, -0.2) is 0 Å². The quantitative estimate of drug-likeness (QED) is 0.763. The molecule has 0 bridgehead atoms. The molecular formula is C22H26N2O2S. The van der Waals surface area contributed by atoms with Crippen LogP contribution in [0.5, 0.6) is 5.75 Å². The first-order valence-electron chi connectivity index (χ1n) is 9.38. The third-order valence-corrected chi connectivity index (χ3v) is 5.56. The van der Waals surface area contributed by atoms with Gasteiger partial charge >= 0.3 is 0 Å². The molecule has 5 heteroatoms. The Balaban J connectivity index is 1.60. The lowest BCUT2D eigenvalue weighted by molar-refractivity contribution is 0.102. The second-order valence-corrected chi connectivity index (χ2v) is 7.61. The number of hydrogen-bond donors (Lipinski definition) is 1. The summed E-state index contributed by atoms with van der Waals surface area (Å²) in [4.78, 5) is 14.6. The Bertz CT molecular complexity index is 825. The van der Waals surface area contributed by atoms with Gasteiger partial charge in [0, 0.05) is 24.3 Å². The summed E-state index contributed by atoms with van der Waals surface area (Å²) in [6, 6.07) is 13.0. The molecule has 142 valence electrons. The number of ether oxygens (including phenoxy) is 1. The molecule has 1 fully saturated rings. The maximum Gasteiger partial charge on any atom is 0.264 e. The van der Waals surface area contributed by atoms with Gasteiger partial charge in [-0.3, -0.25) is 4.79 Å². The van der Waals surface area contributed by atoms with Crippen molar-refractivity contribution >= 4 is 29.0 Å². The summed E-state index contributed by atoms with van der Waals surface area (Å²) in [7, 11) is 0. The van der Waals surface area contributed by atoms with Gasteiger partial charge in [0.15, 0.2) is 0 Å². The highest BCUT2D eigenvalue weighted by Crippen LogP contribution is 2.21. The summed E-state index contributed by atoms with van der Waals surface area (Å²) in [5, 5.41) is 3.48. The van der Waals surface area contributed by atoms with Crippen molar-refractivity contribution < 1.29 is 9.53 Å². The fourth-order valence-electron chi connectivity index (χ4n) is 3.11. The summed E-state index contributed by atoms with van der Waals surface area (Å²) >= 11 is 5.42. The van der Waals surface area contributed by atoms with Crippen LogP contribution in [0.4, 0.5) is 5.69 Å². The van der Waals surface area contributed by atoms with E-state index in [2.05, 4.69) is 17.1 Å². The van der Waals surface area contributed by atoms with Crippen LogP contribution in [0.2, 0.25) is 0 Å². The first-order chi connectivity index (χ1) is 12.9. The van der Waals surface area contributed by atoms with Crippen molar-refractivity contribution in [3.63, 3.8) is 0 Å². The van der Waals surface area contributed by atoms with E-state index in [0.717, 1.165) is 48.7 Å². The molecule has 1 aliphatic rings. The molecule has 2 aromatic carbocycles. The topological polar surface area (TPSA) is 41.6 Å². The second kappa shape index (κ2) is 8.53. The van der Waals surface area contributed by atoms with Gasteiger partial charge in [-0.15, -0.1) is 0 Å². The molecule has 0 spiro atoms. The Kier molecular flexibility index (Phi) is 6.11. The highest BCUT2D eigenvalue weighted by atomic mass is 32.1. The molecule has 0 atom stereocenters. The zero-order valence-corrected chi connectivity index (χ0v) is 16.9. The predicted octanol–water partition coefficient (Wildman–Crippen LogP) is 4.95. The number of nitrogens with zero attached hydrogens (tertiary/aromatic N) is 1. The molecule has 3 rings (SSSR count). The minimum Gasteiger partial charge on any atom is -0.432 e. The predicted molar refractivity (Wildman–Crippen MR) is 114 cm³/mol. The Hall–Kier alpha value is -2.40. The Morgan fingerprint density at radius 1 is 1.11 bits per heavy atom. The number of amides is 1. The van der Waals surface area contributed by atoms with E-state index in [9.17, 15) is 4.79 Å². The summed E-state index contributed by atoms with van der Waals surface area (Å²) in [5.74, 6) is 1.27. The second-order valence-electron chi connectivity index (χ2n) is 7.26. The summed E-state index contributed by atoms with van der Waals surface area (Å²) in [6.07, 6.45) is 2.28. The van der Waals surface area contributed by atoms with Crippen LogP contribution in [-0.4, -0.2) is 29.1 Å². The number of hydrogen-bond acceptors (Lipinski definition) is 3. The monoisotopic (exact) mass is 382 g/mol. The van der Waals surface area contributed by atoms with Crippen molar-refractivity contribution in [1.82, 2.24) is 4.90 Å². The lowest BCUT2D eigenvalue weighted by Crippen LogP contribution is -2.39. The summed E-state index contributed by atoms with van der Waals surface area (Å²) in [6.45, 7) is 8.18. The van der Waals surface area contributed by atoms with E-state index >= 15 is 0 Å². The van der Waals surface area contributed by atoms with E-state index in [0.29, 0.717) is 16.5 Å². The number of aryl methyl sites for hydroxylation is 1. The molecule has 1 saturated heterocycles. The maximum absolute atomic E-state index is 12.5. The molecule has 1 N–H and O–H groups in total. The third-order valence-electron chi connectivity index (χ3n) is 5.22. The average molecular weight is 383 g/mol. The van der Waals surface area contributed by atoms with Crippen molar-refractivity contribution in [2.45, 2.75) is 33.6 Å². The highest BCUT2D eigenvalue weighted by molar-refractivity contribution is 7.80. The number of thiocarbonyl (C=S) groups is 1. The third kappa shape index (κ3) is 4.86. The van der Waals surface area contributed by atoms with Crippen LogP contribution in [0, 0.1) is 19.8 Å². The minimum atomic E-state index is -0.136. The molecule has 1 aliphatic heterocycles. The van der Waals surface area contributed by atoms with E-state index in [1.165, 1.54) is 0 Å². The van der Waals surface area contributed by atoms with Gasteiger partial charge in [-0.2, -0.15) is 0 Å². The largest absolute Gasteiger partial charge is 0.432 e. The number of nitrogens with one attached hydrogen (secondary N) is 1. The molecule has 0 aromatic heterocycles. The van der Waals surface area contributed by atoms with Gasteiger partial charge in [0.05, 0.1) is 0 Å². The van der Waals surface area contributed by atoms with Gasteiger partial charge in [-0.05, 0) is 86.3 Å². The number of rotatable bonds is 3. The average Bonchev–Trinajstić information content (AvgIpc) is 2.66. The van der Waals surface area contributed by atoms with Crippen molar-refractivity contribution in [2.24, 2.45) is 5.92 Å². The van der Waals surface area contributed by atoms with Crippen molar-refractivity contribution in [2.75, 3.05) is 18.4 Å². The fourth-order valence-corrected chi connectivity index (χ4v) is 3.39. The van der Waals surface area contributed by atoms with Crippen LogP contribution >= 0.6 is 12.2 Å². The van der Waals surface area contributed by atoms with E-state index in [1.807, 2.05) is 32.0 Å². The first kappa shape index (κ1) is 19.4. The number of carbonyl (C=O) groups is 1. The van der Waals surface area contributed by atoms with Crippen LogP contribution < -0.4 is 10.1 Å². The van der Waals surface area contributed by atoms with Crippen molar-refractivity contribution in [1.29, 1.82) is 0 Å². The van der Waals surface area contributed by atoms with E-state index in [1.54, 1.807) is 24.3 Å². The molecule has 4 nitrogen and oxygen atoms in total. The molecule has 27 heavy (non-hydrogen) atoms. The number of piperidine rings is 1. The van der Waals surface area contributed by atoms with Crippen LogP contribution in [0.15, 0.2) is 42.5 Å². The normalized spacial score (nSPS) is 14.7. The lowest BCUT2D eigenvalue weighted by Gasteiger charge is -2.31. The molecule has 0 radical (unpaired) electrons. The Labute approximate surface area is 166 Å². The highest BCUT2D eigenvalue weighted by Gasteiger charge is 2.19. The number of anilines is 1.